The van der Waals surface area contributed by atoms with Gasteiger partial charge in [0.1, 0.15) is 6.04 Å². The first-order valence-electron chi connectivity index (χ1n) is 9.29. The monoisotopic (exact) mass is 380 g/mol. The number of hydrogen-bond acceptors (Lipinski definition) is 6. The third kappa shape index (κ3) is 3.42. The van der Waals surface area contributed by atoms with Crippen LogP contribution in [0.15, 0.2) is 18.2 Å². The third-order valence-corrected chi connectivity index (χ3v) is 5.13. The number of fused-ring (bicyclic) bond motifs is 1. The summed E-state index contributed by atoms with van der Waals surface area (Å²) in [5, 5.41) is 8.56. The minimum Gasteiger partial charge on any atom is -0.314 e. The highest BCUT2D eigenvalue weighted by Crippen LogP contribution is 2.28. The van der Waals surface area contributed by atoms with Crippen LogP contribution in [0.2, 0.25) is 0 Å². The van der Waals surface area contributed by atoms with Gasteiger partial charge >= 0.3 is 0 Å². The summed E-state index contributed by atoms with van der Waals surface area (Å²) in [6.45, 7) is 2.95. The van der Waals surface area contributed by atoms with E-state index in [4.69, 9.17) is 0 Å². The minimum absolute atomic E-state index is 0.108. The number of imide groups is 2. The molecule has 0 saturated carbocycles. The molecule has 0 bridgehead atoms. The second-order valence-electron chi connectivity index (χ2n) is 7.11. The van der Waals surface area contributed by atoms with E-state index in [1.807, 2.05) is 0 Å². The topological polar surface area (TPSA) is 108 Å². The van der Waals surface area contributed by atoms with Crippen molar-refractivity contribution >= 4 is 23.6 Å². The van der Waals surface area contributed by atoms with Gasteiger partial charge in [-0.05, 0) is 24.1 Å². The first-order chi connectivity index (χ1) is 13.5. The molecule has 3 N–H and O–H groups in total. The Balaban J connectivity index is 1.42. The molecular weight excluding hydrogens is 360 g/mol. The smallest absolute Gasteiger partial charge is 0.262 e. The lowest BCUT2D eigenvalue weighted by Gasteiger charge is -2.27. The third-order valence-electron chi connectivity index (χ3n) is 5.13. The van der Waals surface area contributed by atoms with Crippen LogP contribution in [0.1, 0.15) is 39.1 Å². The summed E-state index contributed by atoms with van der Waals surface area (Å²) in [7, 11) is 0. The standard InChI is InChI=1S/C20H20N4O4/c25-17-6-5-16(18(26)23-17)24-19(27)14-4-3-12(8-15(14)20(24)28)9-21-7-1-2-13-10-22-11-13/h3-4,8,13,16,21-22H,5-7,9-11H2,(H,23,25,26). The number of amides is 4. The molecule has 3 aliphatic heterocycles. The van der Waals surface area contributed by atoms with E-state index < -0.39 is 23.8 Å². The number of carbonyl (C=O) groups excluding carboxylic acids is 4. The Labute approximate surface area is 162 Å². The van der Waals surface area contributed by atoms with E-state index >= 15 is 0 Å². The van der Waals surface area contributed by atoms with Crippen molar-refractivity contribution < 1.29 is 19.2 Å². The van der Waals surface area contributed by atoms with Gasteiger partial charge in [0.05, 0.1) is 17.7 Å². The molecule has 8 nitrogen and oxygen atoms in total. The molecule has 144 valence electrons. The van der Waals surface area contributed by atoms with Gasteiger partial charge in [-0.1, -0.05) is 17.9 Å². The predicted octanol–water partition coefficient (Wildman–Crippen LogP) is -0.600. The number of carbonyl (C=O) groups is 4. The van der Waals surface area contributed by atoms with Gasteiger partial charge in [-0.3, -0.25) is 29.4 Å². The molecule has 3 heterocycles. The number of benzene rings is 1. The van der Waals surface area contributed by atoms with Gasteiger partial charge in [-0.15, -0.1) is 0 Å². The van der Waals surface area contributed by atoms with Crippen LogP contribution in [0.5, 0.6) is 0 Å². The van der Waals surface area contributed by atoms with Crippen molar-refractivity contribution in [1.29, 1.82) is 0 Å². The van der Waals surface area contributed by atoms with Gasteiger partial charge in [0.25, 0.3) is 11.8 Å². The Hall–Kier alpha value is -3.02. The lowest BCUT2D eigenvalue weighted by Crippen LogP contribution is -2.54. The summed E-state index contributed by atoms with van der Waals surface area (Å²) in [5.41, 5.74) is 1.44. The van der Waals surface area contributed by atoms with E-state index in [2.05, 4.69) is 27.8 Å². The molecule has 4 rings (SSSR count). The summed E-state index contributed by atoms with van der Waals surface area (Å²) >= 11 is 0. The Morgan fingerprint density at radius 3 is 2.61 bits per heavy atom. The van der Waals surface area contributed by atoms with E-state index in [-0.39, 0.29) is 24.3 Å². The molecule has 0 aromatic heterocycles. The normalized spacial score (nSPS) is 21.7. The average molecular weight is 380 g/mol. The quantitative estimate of drug-likeness (QED) is 0.366. The molecule has 1 atom stereocenters. The molecule has 28 heavy (non-hydrogen) atoms. The van der Waals surface area contributed by atoms with Crippen LogP contribution < -0.4 is 16.0 Å². The molecule has 0 aliphatic carbocycles. The summed E-state index contributed by atoms with van der Waals surface area (Å²) in [6, 6.07) is 4.14. The lowest BCUT2D eigenvalue weighted by atomic mass is 10.0. The fourth-order valence-corrected chi connectivity index (χ4v) is 3.48. The van der Waals surface area contributed by atoms with E-state index in [9.17, 15) is 19.2 Å². The molecular formula is C20H20N4O4. The molecule has 8 heteroatoms. The summed E-state index contributed by atoms with van der Waals surface area (Å²) < 4.78 is 0. The van der Waals surface area contributed by atoms with Crippen molar-refractivity contribution in [2.75, 3.05) is 19.6 Å². The van der Waals surface area contributed by atoms with Gasteiger partial charge in [0.2, 0.25) is 11.8 Å². The van der Waals surface area contributed by atoms with Crippen molar-refractivity contribution in [1.82, 2.24) is 20.9 Å². The molecule has 2 saturated heterocycles. The Kier molecular flexibility index (Phi) is 4.94. The second kappa shape index (κ2) is 7.54. The highest BCUT2D eigenvalue weighted by Gasteiger charge is 2.44. The summed E-state index contributed by atoms with van der Waals surface area (Å²) in [4.78, 5) is 49.8. The second-order valence-corrected chi connectivity index (χ2v) is 7.11. The number of nitrogens with zero attached hydrogens (tertiary/aromatic N) is 1. The van der Waals surface area contributed by atoms with Crippen LogP contribution >= 0.6 is 0 Å². The summed E-state index contributed by atoms with van der Waals surface area (Å²) in [6.07, 6.45) is 0.261. The number of rotatable bonds is 4. The van der Waals surface area contributed by atoms with E-state index in [0.29, 0.717) is 24.6 Å². The highest BCUT2D eigenvalue weighted by atomic mass is 16.2. The lowest BCUT2D eigenvalue weighted by molar-refractivity contribution is -0.136. The SMILES string of the molecule is O=C1CCC(N2C(=O)c3ccc(CNCC#CC4CNC4)cc3C2=O)C(=O)N1. The predicted molar refractivity (Wildman–Crippen MR) is 99.0 cm³/mol. The number of hydrogen-bond donors (Lipinski definition) is 3. The van der Waals surface area contributed by atoms with Gasteiger partial charge in [-0.25, -0.2) is 0 Å². The van der Waals surface area contributed by atoms with E-state index in [0.717, 1.165) is 23.6 Å². The Morgan fingerprint density at radius 2 is 1.89 bits per heavy atom. The van der Waals surface area contributed by atoms with Crippen LogP contribution in [0.25, 0.3) is 0 Å². The largest absolute Gasteiger partial charge is 0.314 e. The summed E-state index contributed by atoms with van der Waals surface area (Å²) in [5.74, 6) is 4.71. The maximum absolute atomic E-state index is 12.8. The van der Waals surface area contributed by atoms with Crippen molar-refractivity contribution in [3.8, 4) is 11.8 Å². The van der Waals surface area contributed by atoms with E-state index in [1.165, 1.54) is 0 Å². The zero-order valence-corrected chi connectivity index (χ0v) is 15.2. The highest BCUT2D eigenvalue weighted by molar-refractivity contribution is 6.23. The van der Waals surface area contributed by atoms with Crippen LogP contribution in [0.3, 0.4) is 0 Å². The first kappa shape index (κ1) is 18.3. The van der Waals surface area contributed by atoms with Gasteiger partial charge in [-0.2, -0.15) is 0 Å². The van der Waals surface area contributed by atoms with Gasteiger partial charge < -0.3 is 10.6 Å². The van der Waals surface area contributed by atoms with Gasteiger partial charge in [0, 0.05) is 32.0 Å². The van der Waals surface area contributed by atoms with Crippen LogP contribution in [0.4, 0.5) is 0 Å². The first-order valence-corrected chi connectivity index (χ1v) is 9.29. The fourth-order valence-electron chi connectivity index (χ4n) is 3.48. The molecule has 1 aromatic carbocycles. The number of nitrogens with one attached hydrogen (secondary N) is 3. The van der Waals surface area contributed by atoms with Crippen LogP contribution in [0, 0.1) is 17.8 Å². The maximum atomic E-state index is 12.8. The molecule has 1 aromatic rings. The van der Waals surface area contributed by atoms with Crippen molar-refractivity contribution in [3.05, 3.63) is 34.9 Å². The fraction of sp³-hybridized carbons (Fsp3) is 0.400. The maximum Gasteiger partial charge on any atom is 0.262 e. The molecule has 0 radical (unpaired) electrons. The van der Waals surface area contributed by atoms with Crippen molar-refractivity contribution in [2.45, 2.75) is 25.4 Å². The molecule has 3 aliphatic rings. The zero-order valence-electron chi connectivity index (χ0n) is 15.2. The minimum atomic E-state index is -0.942. The van der Waals surface area contributed by atoms with Crippen molar-refractivity contribution in [3.63, 3.8) is 0 Å². The average Bonchev–Trinajstić information content (AvgIpc) is 2.87. The zero-order chi connectivity index (χ0) is 19.7. The Bertz CT molecular complexity index is 926. The molecule has 1 unspecified atom stereocenters. The van der Waals surface area contributed by atoms with Crippen LogP contribution in [-0.2, 0) is 16.1 Å². The molecule has 0 spiro atoms. The number of piperidine rings is 1. The Morgan fingerprint density at radius 1 is 1.11 bits per heavy atom. The molecule has 2 fully saturated rings. The van der Waals surface area contributed by atoms with Crippen LogP contribution in [-0.4, -0.2) is 54.2 Å². The molecule has 4 amide bonds. The van der Waals surface area contributed by atoms with E-state index in [1.54, 1.807) is 18.2 Å². The van der Waals surface area contributed by atoms with Crippen molar-refractivity contribution in [2.24, 2.45) is 5.92 Å². The van der Waals surface area contributed by atoms with Gasteiger partial charge in [0.15, 0.2) is 0 Å².